The minimum absolute atomic E-state index is 0.0308. The highest BCUT2D eigenvalue weighted by Gasteiger charge is 2.50. The average molecular weight is 297 g/mol. The number of nitrogens with zero attached hydrogens (tertiary/aromatic N) is 1. The molecule has 5 nitrogen and oxygen atoms in total. The van der Waals surface area contributed by atoms with Crippen molar-refractivity contribution < 1.29 is 9.59 Å². The molecule has 5 heteroatoms. The lowest BCUT2D eigenvalue weighted by Crippen LogP contribution is -2.33. The Labute approximate surface area is 129 Å². The van der Waals surface area contributed by atoms with Crippen LogP contribution in [0.1, 0.15) is 44.2 Å². The van der Waals surface area contributed by atoms with Gasteiger partial charge in [0.05, 0.1) is 11.1 Å². The maximum atomic E-state index is 12.4. The van der Waals surface area contributed by atoms with E-state index in [-0.39, 0.29) is 23.7 Å². The van der Waals surface area contributed by atoms with E-state index < -0.39 is 5.41 Å². The summed E-state index contributed by atoms with van der Waals surface area (Å²) in [5.74, 6) is 0.452. The van der Waals surface area contributed by atoms with Crippen molar-refractivity contribution in [2.24, 2.45) is 16.9 Å². The monoisotopic (exact) mass is 297 g/mol. The zero-order valence-electron chi connectivity index (χ0n) is 12.8. The van der Waals surface area contributed by atoms with Crippen molar-refractivity contribution in [2.75, 3.05) is 5.32 Å². The first-order valence-electron chi connectivity index (χ1n) is 7.94. The van der Waals surface area contributed by atoms with Gasteiger partial charge in [-0.3, -0.25) is 9.59 Å². The first-order valence-corrected chi connectivity index (χ1v) is 7.94. The van der Waals surface area contributed by atoms with Gasteiger partial charge < -0.3 is 5.32 Å². The minimum atomic E-state index is -0.438. The van der Waals surface area contributed by atoms with E-state index in [2.05, 4.69) is 35.8 Å². The molecule has 2 atom stereocenters. The highest BCUT2D eigenvalue weighted by atomic mass is 16.2. The van der Waals surface area contributed by atoms with Gasteiger partial charge in [-0.05, 0) is 42.5 Å². The molecule has 0 aromatic heterocycles. The van der Waals surface area contributed by atoms with E-state index in [0.29, 0.717) is 0 Å². The summed E-state index contributed by atoms with van der Waals surface area (Å²) in [5, 5.41) is 7.26. The Hall–Kier alpha value is -2.17. The summed E-state index contributed by atoms with van der Waals surface area (Å²) in [5.41, 5.74) is 6.12. The molecule has 2 aliphatic heterocycles. The van der Waals surface area contributed by atoms with Crippen LogP contribution in [0.4, 0.5) is 5.69 Å². The van der Waals surface area contributed by atoms with Crippen LogP contribution in [-0.4, -0.2) is 17.5 Å². The number of carbonyl (C=O) groups is 2. The number of rotatable bonds is 3. The van der Waals surface area contributed by atoms with Crippen molar-refractivity contribution >= 4 is 23.2 Å². The van der Waals surface area contributed by atoms with Crippen LogP contribution in [0.25, 0.3) is 0 Å². The number of anilines is 1. The number of amides is 2. The third-order valence-electron chi connectivity index (χ3n) is 5.49. The topological polar surface area (TPSA) is 70.6 Å². The molecule has 2 unspecified atom stereocenters. The van der Waals surface area contributed by atoms with Gasteiger partial charge in [0, 0.05) is 17.5 Å². The van der Waals surface area contributed by atoms with Gasteiger partial charge in [0.25, 0.3) is 0 Å². The van der Waals surface area contributed by atoms with Gasteiger partial charge in [0.15, 0.2) is 0 Å². The van der Waals surface area contributed by atoms with Crippen LogP contribution >= 0.6 is 0 Å². The second-order valence-electron chi connectivity index (χ2n) is 6.43. The molecule has 1 saturated carbocycles. The number of hydrogen-bond donors (Lipinski definition) is 2. The van der Waals surface area contributed by atoms with Gasteiger partial charge in [0.1, 0.15) is 0 Å². The highest BCUT2D eigenvalue weighted by Crippen LogP contribution is 2.46. The summed E-state index contributed by atoms with van der Waals surface area (Å²) in [7, 11) is 0. The molecule has 114 valence electrons. The number of hydrogen-bond acceptors (Lipinski definition) is 3. The lowest BCUT2D eigenvalue weighted by molar-refractivity contribution is -0.123. The molecular formula is C17H19N3O2. The molecule has 2 heterocycles. The van der Waals surface area contributed by atoms with Crippen molar-refractivity contribution in [3.8, 4) is 0 Å². The molecular weight excluding hydrogens is 278 g/mol. The van der Waals surface area contributed by atoms with Crippen LogP contribution in [0.3, 0.4) is 0 Å². The maximum Gasteiger partial charge on any atom is 0.243 e. The molecule has 1 aromatic carbocycles. The van der Waals surface area contributed by atoms with E-state index in [4.69, 9.17) is 0 Å². The van der Waals surface area contributed by atoms with Crippen molar-refractivity contribution in [2.45, 2.75) is 38.5 Å². The fourth-order valence-corrected chi connectivity index (χ4v) is 3.87. The Morgan fingerprint density at radius 1 is 1.23 bits per heavy atom. The number of benzene rings is 1. The molecule has 0 saturated heterocycles. The predicted octanol–water partition coefficient (Wildman–Crippen LogP) is 2.17. The van der Waals surface area contributed by atoms with Crippen LogP contribution in [0.2, 0.25) is 0 Å². The molecule has 1 aliphatic carbocycles. The van der Waals surface area contributed by atoms with Crippen molar-refractivity contribution in [3.05, 3.63) is 29.3 Å². The molecule has 4 rings (SSSR count). The molecule has 1 aromatic rings. The van der Waals surface area contributed by atoms with Gasteiger partial charge in [-0.25, -0.2) is 5.43 Å². The SMILES string of the molecule is CCC1(CC)C(=O)Nc2ccc(C3=NNC(=O)C4CC34)cc21. The molecule has 0 bridgehead atoms. The quantitative estimate of drug-likeness (QED) is 0.897. The minimum Gasteiger partial charge on any atom is -0.325 e. The molecule has 2 amide bonds. The second kappa shape index (κ2) is 4.41. The summed E-state index contributed by atoms with van der Waals surface area (Å²) < 4.78 is 0. The summed E-state index contributed by atoms with van der Waals surface area (Å²) in [6.45, 7) is 4.11. The van der Waals surface area contributed by atoms with Gasteiger partial charge >= 0.3 is 0 Å². The Morgan fingerprint density at radius 3 is 2.73 bits per heavy atom. The lowest BCUT2D eigenvalue weighted by Gasteiger charge is -2.24. The van der Waals surface area contributed by atoms with Crippen molar-refractivity contribution in [1.82, 2.24) is 5.43 Å². The number of carbonyl (C=O) groups excluding carboxylic acids is 2. The average Bonchev–Trinajstić information content (AvgIpc) is 3.27. The van der Waals surface area contributed by atoms with Crippen molar-refractivity contribution in [1.29, 1.82) is 0 Å². The van der Waals surface area contributed by atoms with E-state index in [1.807, 2.05) is 12.1 Å². The lowest BCUT2D eigenvalue weighted by atomic mass is 9.76. The standard InChI is InChI=1S/C17H19N3O2/c1-3-17(4-2)12-7-9(5-6-13(12)18-16(17)22)14-10-8-11(10)15(21)20-19-14/h5-7,10-11H,3-4,8H2,1-2H3,(H,18,22)(H,20,21). The zero-order chi connectivity index (χ0) is 15.5. The first-order chi connectivity index (χ1) is 10.6. The molecule has 0 radical (unpaired) electrons. The Morgan fingerprint density at radius 2 is 2.00 bits per heavy atom. The van der Waals surface area contributed by atoms with E-state index in [1.54, 1.807) is 0 Å². The summed E-state index contributed by atoms with van der Waals surface area (Å²) in [6, 6.07) is 6.05. The molecule has 0 spiro atoms. The molecule has 1 fully saturated rings. The molecule has 2 N–H and O–H groups in total. The van der Waals surface area contributed by atoms with E-state index in [0.717, 1.165) is 41.8 Å². The highest BCUT2D eigenvalue weighted by molar-refractivity contribution is 6.11. The van der Waals surface area contributed by atoms with E-state index >= 15 is 0 Å². The number of fused-ring (bicyclic) bond motifs is 2. The predicted molar refractivity (Wildman–Crippen MR) is 83.6 cm³/mol. The van der Waals surface area contributed by atoms with E-state index in [9.17, 15) is 9.59 Å². The summed E-state index contributed by atoms with van der Waals surface area (Å²) in [4.78, 5) is 24.0. The second-order valence-corrected chi connectivity index (χ2v) is 6.43. The Bertz CT molecular complexity index is 719. The largest absolute Gasteiger partial charge is 0.325 e. The van der Waals surface area contributed by atoms with E-state index in [1.165, 1.54) is 0 Å². The summed E-state index contributed by atoms with van der Waals surface area (Å²) >= 11 is 0. The van der Waals surface area contributed by atoms with Gasteiger partial charge in [0.2, 0.25) is 11.8 Å². The zero-order valence-corrected chi connectivity index (χ0v) is 12.8. The van der Waals surface area contributed by atoms with Crippen LogP contribution < -0.4 is 10.7 Å². The molecule has 3 aliphatic rings. The normalized spacial score (nSPS) is 27.5. The van der Waals surface area contributed by atoms with Crippen molar-refractivity contribution in [3.63, 3.8) is 0 Å². The van der Waals surface area contributed by atoms with Crippen LogP contribution in [0.15, 0.2) is 23.3 Å². The van der Waals surface area contributed by atoms with Crippen LogP contribution in [-0.2, 0) is 15.0 Å². The summed E-state index contributed by atoms with van der Waals surface area (Å²) in [6.07, 6.45) is 2.44. The smallest absolute Gasteiger partial charge is 0.243 e. The molecule has 22 heavy (non-hydrogen) atoms. The number of nitrogens with one attached hydrogen (secondary N) is 2. The third-order valence-corrected chi connectivity index (χ3v) is 5.49. The van der Waals surface area contributed by atoms with Gasteiger partial charge in [-0.1, -0.05) is 19.9 Å². The fourth-order valence-electron chi connectivity index (χ4n) is 3.87. The van der Waals surface area contributed by atoms with Crippen LogP contribution in [0.5, 0.6) is 0 Å². The Kier molecular flexibility index (Phi) is 2.71. The van der Waals surface area contributed by atoms with Gasteiger partial charge in [-0.2, -0.15) is 5.10 Å². The maximum absolute atomic E-state index is 12.4. The Balaban J connectivity index is 1.79. The van der Waals surface area contributed by atoms with Gasteiger partial charge in [-0.15, -0.1) is 0 Å². The first kappa shape index (κ1) is 13.5. The third kappa shape index (κ3) is 1.62. The van der Waals surface area contributed by atoms with Crippen LogP contribution in [0, 0.1) is 11.8 Å². The fraction of sp³-hybridized carbons (Fsp3) is 0.471. The number of hydrazone groups is 1.